The zero-order chi connectivity index (χ0) is 16.2. The number of rotatable bonds is 5. The number of hydrogen-bond donors (Lipinski definition) is 1. The number of esters is 1. The summed E-state index contributed by atoms with van der Waals surface area (Å²) in [5, 5.41) is 0. The number of nitrogens with zero attached hydrogens (tertiary/aromatic N) is 1. The molecule has 1 aromatic rings. The van der Waals surface area contributed by atoms with E-state index >= 15 is 0 Å². The van der Waals surface area contributed by atoms with Gasteiger partial charge in [0.1, 0.15) is 11.6 Å². The van der Waals surface area contributed by atoms with Gasteiger partial charge in [0, 0.05) is 12.6 Å². The average Bonchev–Trinajstić information content (AvgIpc) is 2.46. The Morgan fingerprint density at radius 1 is 1.38 bits per heavy atom. The summed E-state index contributed by atoms with van der Waals surface area (Å²) in [5.74, 6) is -2.85. The number of likely N-dealkylation sites (N-methyl/N-ethyl adjacent to an activating group) is 1. The van der Waals surface area contributed by atoms with Gasteiger partial charge in [-0.1, -0.05) is 0 Å². The molecule has 116 valence electrons. The summed E-state index contributed by atoms with van der Waals surface area (Å²) >= 11 is 0. The van der Waals surface area contributed by atoms with Crippen LogP contribution in [0.1, 0.15) is 25.5 Å². The molecule has 21 heavy (non-hydrogen) atoms. The molecule has 7 heteroatoms. The highest BCUT2D eigenvalue weighted by Crippen LogP contribution is 2.23. The molecule has 1 rings (SSSR count). The van der Waals surface area contributed by atoms with Gasteiger partial charge in [0.2, 0.25) is 0 Å². The summed E-state index contributed by atoms with van der Waals surface area (Å²) in [4.78, 5) is 24.6. The monoisotopic (exact) mass is 300 g/mol. The average molecular weight is 300 g/mol. The van der Waals surface area contributed by atoms with Gasteiger partial charge < -0.3 is 15.4 Å². The predicted molar refractivity (Wildman–Crippen MR) is 72.2 cm³/mol. The minimum atomic E-state index is -1.49. The smallest absolute Gasteiger partial charge is 0.332 e. The third-order valence-electron chi connectivity index (χ3n) is 3.14. The van der Waals surface area contributed by atoms with E-state index in [1.807, 2.05) is 0 Å². The maximum absolute atomic E-state index is 13.7. The number of benzene rings is 1. The molecule has 0 fully saturated rings. The van der Waals surface area contributed by atoms with Crippen LogP contribution in [0.4, 0.5) is 8.78 Å². The van der Waals surface area contributed by atoms with Gasteiger partial charge in [-0.15, -0.1) is 0 Å². The van der Waals surface area contributed by atoms with Gasteiger partial charge in [0.05, 0.1) is 12.6 Å². The molecule has 0 saturated carbocycles. The Hall–Kier alpha value is -2.02. The van der Waals surface area contributed by atoms with E-state index in [4.69, 9.17) is 5.73 Å². The summed E-state index contributed by atoms with van der Waals surface area (Å²) < 4.78 is 31.5. The van der Waals surface area contributed by atoms with Crippen molar-refractivity contribution < 1.29 is 23.1 Å². The minimum absolute atomic E-state index is 0.00177. The Labute approximate surface area is 121 Å². The van der Waals surface area contributed by atoms with E-state index in [1.54, 1.807) is 6.92 Å². The molecule has 1 aromatic carbocycles. The van der Waals surface area contributed by atoms with Crippen molar-refractivity contribution in [2.75, 3.05) is 13.7 Å². The maximum Gasteiger partial charge on any atom is 0.332 e. The lowest BCUT2D eigenvalue weighted by Crippen LogP contribution is -2.48. The second-order valence-electron chi connectivity index (χ2n) is 4.52. The molecule has 0 aromatic heterocycles. The number of carbonyl (C=O) groups is 2. The van der Waals surface area contributed by atoms with Gasteiger partial charge in [-0.3, -0.25) is 4.79 Å². The predicted octanol–water partition coefficient (Wildman–Crippen LogP) is 1.37. The van der Waals surface area contributed by atoms with Gasteiger partial charge in [0.15, 0.2) is 6.04 Å². The van der Waals surface area contributed by atoms with Crippen LogP contribution >= 0.6 is 0 Å². The van der Waals surface area contributed by atoms with E-state index in [0.717, 1.165) is 23.1 Å². The van der Waals surface area contributed by atoms with Crippen LogP contribution in [0, 0.1) is 11.6 Å². The van der Waals surface area contributed by atoms with E-state index in [9.17, 15) is 18.4 Å². The molecule has 0 bridgehead atoms. The first kappa shape index (κ1) is 17.0. The lowest BCUT2D eigenvalue weighted by atomic mass is 10.1. The van der Waals surface area contributed by atoms with Crippen LogP contribution in [0.3, 0.4) is 0 Å². The van der Waals surface area contributed by atoms with E-state index in [2.05, 4.69) is 4.74 Å². The highest BCUT2D eigenvalue weighted by molar-refractivity contribution is 6.01. The molecular weight excluding hydrogens is 282 g/mol. The number of halogens is 2. The van der Waals surface area contributed by atoms with E-state index in [0.29, 0.717) is 0 Å². The number of carbonyl (C=O) groups excluding carboxylic acids is 2. The molecule has 0 radical (unpaired) electrons. The van der Waals surface area contributed by atoms with Gasteiger partial charge >= 0.3 is 5.97 Å². The lowest BCUT2D eigenvalue weighted by molar-refractivity contribution is -0.151. The first-order valence-electron chi connectivity index (χ1n) is 6.43. The van der Waals surface area contributed by atoms with Crippen molar-refractivity contribution in [1.29, 1.82) is 0 Å². The molecule has 0 aliphatic carbocycles. The molecule has 0 aliphatic rings. The molecule has 1 amide bonds. The number of amides is 1. The standard InChI is InChI=1S/C14H18F2N2O3/c1-4-21-14(20)12(17)13(19)18(3)8(2)10-7-9(15)5-6-11(10)16/h5-8,12H,4,17H2,1-3H3. The van der Waals surface area contributed by atoms with Crippen molar-refractivity contribution in [3.63, 3.8) is 0 Å². The van der Waals surface area contributed by atoms with Crippen molar-refractivity contribution in [3.8, 4) is 0 Å². The number of hydrogen-bond acceptors (Lipinski definition) is 4. The van der Waals surface area contributed by atoms with Crippen LogP contribution in [0.15, 0.2) is 18.2 Å². The topological polar surface area (TPSA) is 72.6 Å². The largest absolute Gasteiger partial charge is 0.464 e. The summed E-state index contributed by atoms with van der Waals surface area (Å²) in [6.07, 6.45) is 0. The normalized spacial score (nSPS) is 13.4. The fourth-order valence-electron chi connectivity index (χ4n) is 1.79. The van der Waals surface area contributed by atoms with Crippen molar-refractivity contribution in [2.45, 2.75) is 25.9 Å². The van der Waals surface area contributed by atoms with Crippen LogP contribution < -0.4 is 5.73 Å². The Morgan fingerprint density at radius 2 is 2.00 bits per heavy atom. The number of ether oxygens (including phenoxy) is 1. The van der Waals surface area contributed by atoms with Gasteiger partial charge in [-0.25, -0.2) is 13.6 Å². The van der Waals surface area contributed by atoms with Crippen molar-refractivity contribution in [1.82, 2.24) is 4.90 Å². The third-order valence-corrected chi connectivity index (χ3v) is 3.14. The molecule has 2 unspecified atom stereocenters. The Kier molecular flexibility index (Phi) is 5.78. The molecule has 0 saturated heterocycles. The molecule has 2 N–H and O–H groups in total. The summed E-state index contributed by atoms with van der Waals surface area (Å²) in [6.45, 7) is 3.19. The third kappa shape index (κ3) is 3.98. The fraction of sp³-hybridized carbons (Fsp3) is 0.429. The summed E-state index contributed by atoms with van der Waals surface area (Å²) in [5.41, 5.74) is 5.50. The van der Waals surface area contributed by atoms with Gasteiger partial charge in [0.25, 0.3) is 5.91 Å². The van der Waals surface area contributed by atoms with E-state index in [1.165, 1.54) is 14.0 Å². The highest BCUT2D eigenvalue weighted by Gasteiger charge is 2.30. The fourth-order valence-corrected chi connectivity index (χ4v) is 1.79. The SMILES string of the molecule is CCOC(=O)C(N)C(=O)N(C)C(C)c1cc(F)ccc1F. The molecule has 0 aliphatic heterocycles. The summed E-state index contributed by atoms with van der Waals surface area (Å²) in [7, 11) is 1.36. The minimum Gasteiger partial charge on any atom is -0.464 e. The number of nitrogens with two attached hydrogens (primary N) is 1. The first-order chi connectivity index (χ1) is 9.79. The van der Waals surface area contributed by atoms with Gasteiger partial charge in [-0.05, 0) is 32.0 Å². The molecular formula is C14H18F2N2O3. The first-order valence-corrected chi connectivity index (χ1v) is 6.43. The molecule has 5 nitrogen and oxygen atoms in total. The van der Waals surface area contributed by atoms with E-state index in [-0.39, 0.29) is 12.2 Å². The Morgan fingerprint density at radius 3 is 2.57 bits per heavy atom. The Bertz CT molecular complexity index is 537. The zero-order valence-corrected chi connectivity index (χ0v) is 12.1. The van der Waals surface area contributed by atoms with Crippen LogP contribution in [-0.2, 0) is 14.3 Å². The van der Waals surface area contributed by atoms with Crippen molar-refractivity contribution >= 4 is 11.9 Å². The quantitative estimate of drug-likeness (QED) is 0.658. The van der Waals surface area contributed by atoms with Crippen molar-refractivity contribution in [3.05, 3.63) is 35.4 Å². The van der Waals surface area contributed by atoms with Crippen molar-refractivity contribution in [2.24, 2.45) is 5.73 Å². The Balaban J connectivity index is 2.91. The van der Waals surface area contributed by atoms with Crippen LogP contribution in [0.5, 0.6) is 0 Å². The second-order valence-corrected chi connectivity index (χ2v) is 4.52. The van der Waals surface area contributed by atoms with Crippen LogP contribution in [-0.4, -0.2) is 36.5 Å². The molecule has 2 atom stereocenters. The molecule has 0 heterocycles. The zero-order valence-electron chi connectivity index (χ0n) is 12.1. The second kappa shape index (κ2) is 7.12. The highest BCUT2D eigenvalue weighted by atomic mass is 19.1. The lowest BCUT2D eigenvalue weighted by Gasteiger charge is -2.27. The van der Waals surface area contributed by atoms with Crippen LogP contribution in [0.25, 0.3) is 0 Å². The van der Waals surface area contributed by atoms with Crippen LogP contribution in [0.2, 0.25) is 0 Å². The maximum atomic E-state index is 13.7. The van der Waals surface area contributed by atoms with Gasteiger partial charge in [-0.2, -0.15) is 0 Å². The van der Waals surface area contributed by atoms with E-state index < -0.39 is 35.6 Å². The summed E-state index contributed by atoms with van der Waals surface area (Å²) in [6, 6.07) is 0.685. The molecule has 0 spiro atoms.